The first-order valence-corrected chi connectivity index (χ1v) is 18.8. The van der Waals surface area contributed by atoms with E-state index in [-0.39, 0.29) is 28.6 Å². The number of hydrogen-bond donors (Lipinski definition) is 2. The monoisotopic (exact) mass is 687 g/mol. The Kier molecular flexibility index (Phi) is 7.76. The number of nitrogens with one attached hydrogen (secondary N) is 1. The van der Waals surface area contributed by atoms with Gasteiger partial charge in [-0.3, -0.25) is 4.90 Å². The molecule has 0 radical (unpaired) electrons. The summed E-state index contributed by atoms with van der Waals surface area (Å²) in [4.78, 5) is 16.3. The van der Waals surface area contributed by atoms with E-state index < -0.39 is 5.82 Å². The Morgan fingerprint density at radius 1 is 1.14 bits per heavy atom. The number of nitrogens with zero attached hydrogens (tertiary/aromatic N) is 4. The van der Waals surface area contributed by atoms with Gasteiger partial charge in [0.05, 0.1) is 6.61 Å². The summed E-state index contributed by atoms with van der Waals surface area (Å²) < 4.78 is 24.1. The van der Waals surface area contributed by atoms with E-state index in [1.165, 1.54) is 10.4 Å². The molecule has 9 heteroatoms. The summed E-state index contributed by atoms with van der Waals surface area (Å²) in [5, 5.41) is 19.0. The fourth-order valence-corrected chi connectivity index (χ4v) is 9.49. The summed E-state index contributed by atoms with van der Waals surface area (Å²) in [6.45, 7) is 9.26. The number of terminal acetylenes is 1. The predicted molar refractivity (Wildman–Crippen MR) is 199 cm³/mol. The number of aromatic hydroxyl groups is 1. The minimum absolute atomic E-state index is 0.0306. The fraction of sp³-hybridized carbons (Fsp3) is 0.415. The number of thiophene rings is 1. The normalized spacial score (nSPS) is 21.1. The zero-order valence-electron chi connectivity index (χ0n) is 28.6. The number of phenols is 1. The van der Waals surface area contributed by atoms with Crippen LogP contribution in [0, 0.1) is 23.6 Å². The highest BCUT2D eigenvalue weighted by atomic mass is 32.1. The van der Waals surface area contributed by atoms with Crippen LogP contribution in [0.15, 0.2) is 47.8 Å². The Morgan fingerprint density at radius 3 is 2.72 bits per heavy atom. The maximum Gasteiger partial charge on any atom is 0.319 e. The second-order valence-corrected chi connectivity index (χ2v) is 16.2. The zero-order valence-corrected chi connectivity index (χ0v) is 29.5. The van der Waals surface area contributed by atoms with E-state index in [0.29, 0.717) is 40.8 Å². The van der Waals surface area contributed by atoms with Gasteiger partial charge < -0.3 is 20.1 Å². The van der Waals surface area contributed by atoms with Gasteiger partial charge in [-0.25, -0.2) is 4.39 Å². The van der Waals surface area contributed by atoms with Crippen LogP contribution in [-0.4, -0.2) is 64.8 Å². The average molecular weight is 688 g/mol. The fourth-order valence-electron chi connectivity index (χ4n) is 8.60. The summed E-state index contributed by atoms with van der Waals surface area (Å²) in [5.74, 6) is 3.09. The van der Waals surface area contributed by atoms with E-state index in [2.05, 4.69) is 52.4 Å². The number of aromatic nitrogens is 2. The molecule has 3 aliphatic heterocycles. The lowest BCUT2D eigenvalue weighted by Crippen LogP contribution is -2.51. The van der Waals surface area contributed by atoms with Crippen LogP contribution in [-0.2, 0) is 13.0 Å². The summed E-state index contributed by atoms with van der Waals surface area (Å²) in [6, 6.07) is 14.2. The first-order chi connectivity index (χ1) is 24.3. The van der Waals surface area contributed by atoms with E-state index in [9.17, 15) is 5.11 Å². The second kappa shape index (κ2) is 12.2. The van der Waals surface area contributed by atoms with Crippen molar-refractivity contribution in [3.8, 4) is 35.2 Å². The molecule has 1 saturated carbocycles. The summed E-state index contributed by atoms with van der Waals surface area (Å²) >= 11 is 1.86. The van der Waals surface area contributed by atoms with Crippen LogP contribution >= 0.6 is 11.3 Å². The van der Waals surface area contributed by atoms with Crippen molar-refractivity contribution in [1.82, 2.24) is 20.2 Å². The molecule has 0 spiro atoms. The molecule has 256 valence electrons. The van der Waals surface area contributed by atoms with Crippen LogP contribution in [0.3, 0.4) is 0 Å². The zero-order chi connectivity index (χ0) is 34.1. The highest BCUT2D eigenvalue weighted by Crippen LogP contribution is 2.48. The molecule has 2 bridgehead atoms. The van der Waals surface area contributed by atoms with E-state index in [0.717, 1.165) is 87.0 Å². The van der Waals surface area contributed by atoms with Crippen LogP contribution < -0.4 is 15.0 Å². The Labute approximate surface area is 296 Å². The van der Waals surface area contributed by atoms with E-state index >= 15 is 4.39 Å². The maximum absolute atomic E-state index is 17.5. The highest BCUT2D eigenvalue weighted by Gasteiger charge is 2.45. The number of fused-ring (bicyclic) bond motifs is 5. The van der Waals surface area contributed by atoms with Gasteiger partial charge in [0.15, 0.2) is 5.82 Å². The molecule has 50 heavy (non-hydrogen) atoms. The van der Waals surface area contributed by atoms with Crippen molar-refractivity contribution >= 4 is 38.8 Å². The third-order valence-corrected chi connectivity index (χ3v) is 12.4. The second-order valence-electron chi connectivity index (χ2n) is 15.2. The van der Waals surface area contributed by atoms with Crippen molar-refractivity contribution in [2.24, 2.45) is 5.41 Å². The molecule has 4 aliphatic rings. The number of anilines is 1. The third kappa shape index (κ3) is 5.58. The van der Waals surface area contributed by atoms with Crippen molar-refractivity contribution in [2.45, 2.75) is 70.5 Å². The van der Waals surface area contributed by atoms with Crippen molar-refractivity contribution in [3.63, 3.8) is 0 Å². The molecule has 3 fully saturated rings. The number of ether oxygens (including phenoxy) is 1. The number of hydrogen-bond acceptors (Lipinski definition) is 8. The van der Waals surface area contributed by atoms with Crippen LogP contribution in [0.2, 0.25) is 0 Å². The number of benzene rings is 3. The molecule has 2 saturated heterocycles. The Balaban J connectivity index is 1.15. The molecule has 5 aromatic rings. The van der Waals surface area contributed by atoms with Gasteiger partial charge in [0, 0.05) is 77.0 Å². The maximum atomic E-state index is 17.5. The van der Waals surface area contributed by atoms with Gasteiger partial charge in [0.2, 0.25) is 0 Å². The van der Waals surface area contributed by atoms with Gasteiger partial charge in [0.1, 0.15) is 17.1 Å². The molecule has 9 rings (SSSR count). The Bertz CT molecular complexity index is 2170. The van der Waals surface area contributed by atoms with Crippen molar-refractivity contribution in [2.75, 3.05) is 37.7 Å². The van der Waals surface area contributed by atoms with Gasteiger partial charge in [-0.05, 0) is 95.8 Å². The SMILES string of the molecule is C#Cc1cccc2cc(O)cc(-c3c(C(C)C)cc4c(N5CC6CCC(C5)N6)nc(OCC5(CN6CCc7sccc7C6)CC5)nc4c3F)c12. The van der Waals surface area contributed by atoms with Gasteiger partial charge >= 0.3 is 6.01 Å². The van der Waals surface area contributed by atoms with E-state index in [1.54, 1.807) is 12.1 Å². The molecule has 1 aliphatic carbocycles. The molecule has 5 heterocycles. The van der Waals surface area contributed by atoms with E-state index in [1.807, 2.05) is 29.5 Å². The van der Waals surface area contributed by atoms with Gasteiger partial charge in [-0.1, -0.05) is 31.9 Å². The lowest BCUT2D eigenvalue weighted by molar-refractivity contribution is 0.146. The summed E-state index contributed by atoms with van der Waals surface area (Å²) in [7, 11) is 0. The third-order valence-electron chi connectivity index (χ3n) is 11.4. The molecule has 2 aromatic heterocycles. The van der Waals surface area contributed by atoms with Gasteiger partial charge in [-0.2, -0.15) is 9.97 Å². The topological polar surface area (TPSA) is 73.8 Å². The Hall–Kier alpha value is -4.23. The minimum atomic E-state index is -0.447. The largest absolute Gasteiger partial charge is 0.508 e. The predicted octanol–water partition coefficient (Wildman–Crippen LogP) is 7.62. The standard InChI is InChI=1S/C41H42FN5O2S/c1-4-25-6-5-7-26-16-30(48)17-32(35(25)26)36-31(24(2)3)18-33-38(37(36)42)44-40(45-39(33)47-20-28-8-9-29(21-47)43-28)49-23-41(12-13-41)22-46-14-10-34-27(19-46)11-15-50-34/h1,5-7,11,15-18,24,28-29,43,48H,8-10,12-14,19-23H2,2-3H3. The van der Waals surface area contributed by atoms with Crippen LogP contribution in [0.4, 0.5) is 10.2 Å². The molecule has 0 amide bonds. The van der Waals surface area contributed by atoms with Crippen LogP contribution in [0.25, 0.3) is 32.8 Å². The first kappa shape index (κ1) is 31.7. The smallest absolute Gasteiger partial charge is 0.319 e. The van der Waals surface area contributed by atoms with Crippen molar-refractivity contribution in [1.29, 1.82) is 0 Å². The first-order valence-electron chi connectivity index (χ1n) is 18.0. The van der Waals surface area contributed by atoms with Crippen molar-refractivity contribution in [3.05, 3.63) is 75.2 Å². The number of rotatable bonds is 8. The molecule has 2 unspecified atom stereocenters. The van der Waals surface area contributed by atoms with Gasteiger partial charge in [-0.15, -0.1) is 17.8 Å². The minimum Gasteiger partial charge on any atom is -0.508 e. The highest BCUT2D eigenvalue weighted by molar-refractivity contribution is 7.10. The molecular weight excluding hydrogens is 646 g/mol. The Morgan fingerprint density at radius 2 is 1.96 bits per heavy atom. The number of piperazine rings is 1. The van der Waals surface area contributed by atoms with Crippen LogP contribution in [0.1, 0.15) is 67.0 Å². The lowest BCUT2D eigenvalue weighted by Gasteiger charge is -2.34. The van der Waals surface area contributed by atoms with Crippen molar-refractivity contribution < 1.29 is 14.2 Å². The molecule has 2 N–H and O–H groups in total. The summed E-state index contributed by atoms with van der Waals surface area (Å²) in [6.07, 6.45) is 11.5. The molecular formula is C41H42FN5O2S. The molecule has 3 aromatic carbocycles. The van der Waals surface area contributed by atoms with Crippen LogP contribution in [0.5, 0.6) is 11.8 Å². The number of phenolic OH excluding ortho intramolecular Hbond substituents is 1. The average Bonchev–Trinajstić information content (AvgIpc) is 3.56. The number of halogens is 1. The molecule has 2 atom stereocenters. The quantitative estimate of drug-likeness (QED) is 0.163. The molecule has 7 nitrogen and oxygen atoms in total. The lowest BCUT2D eigenvalue weighted by atomic mass is 9.86. The van der Waals surface area contributed by atoms with E-state index in [4.69, 9.17) is 21.1 Å². The van der Waals surface area contributed by atoms with Gasteiger partial charge in [0.25, 0.3) is 0 Å². The summed E-state index contributed by atoms with van der Waals surface area (Å²) in [5.41, 5.74) is 4.17.